The van der Waals surface area contributed by atoms with Crippen LogP contribution in [0.2, 0.25) is 0 Å². The number of hydrogen-bond donors (Lipinski definition) is 0. The van der Waals surface area contributed by atoms with Crippen molar-refractivity contribution in [2.24, 2.45) is 0 Å². The van der Waals surface area contributed by atoms with Crippen LogP contribution in [0.5, 0.6) is 0 Å². The summed E-state index contributed by atoms with van der Waals surface area (Å²) in [6.45, 7) is 11.8. The molecule has 0 saturated carbocycles. The maximum absolute atomic E-state index is 10.8. The summed E-state index contributed by atoms with van der Waals surface area (Å²) < 4.78 is 2.06. The molecule has 2 aromatic rings. The van der Waals surface area contributed by atoms with E-state index in [-0.39, 0.29) is 27.8 Å². The van der Waals surface area contributed by atoms with Crippen molar-refractivity contribution in [2.45, 2.75) is 77.6 Å². The molecule has 6 nitrogen and oxygen atoms in total. The van der Waals surface area contributed by atoms with Gasteiger partial charge in [-0.15, -0.1) is 0 Å². The fourth-order valence-electron chi connectivity index (χ4n) is 4.26. The first-order valence-electron chi connectivity index (χ1n) is 10.3. The molecule has 29 heavy (non-hydrogen) atoms. The van der Waals surface area contributed by atoms with Crippen LogP contribution in [0.25, 0.3) is 0 Å². The molecule has 1 fully saturated rings. The molecule has 1 aliphatic heterocycles. The summed E-state index contributed by atoms with van der Waals surface area (Å²) in [5.74, 6) is 0. The summed E-state index contributed by atoms with van der Waals surface area (Å²) in [4.78, 5) is 16.9. The lowest BCUT2D eigenvalue weighted by atomic mass is 9.82. The molecule has 1 saturated heterocycles. The topological polar surface area (TPSA) is 59.5 Å². The third kappa shape index (κ3) is 5.00. The van der Waals surface area contributed by atoms with E-state index < -0.39 is 0 Å². The number of hydrogen-bond acceptors (Lipinski definition) is 4. The molecule has 0 spiro atoms. The summed E-state index contributed by atoms with van der Waals surface area (Å²) in [6.07, 6.45) is 7.51. The summed E-state index contributed by atoms with van der Waals surface area (Å²) in [5.41, 5.74) is 2.29. The van der Waals surface area contributed by atoms with Gasteiger partial charge in [0.25, 0.3) is 5.69 Å². The molecule has 1 atom stereocenters. The summed E-state index contributed by atoms with van der Waals surface area (Å²) in [5, 5.41) is 13.0. The Morgan fingerprint density at radius 2 is 1.62 bits per heavy atom. The van der Waals surface area contributed by atoms with Crippen LogP contribution in [0, 0.1) is 10.1 Å². The van der Waals surface area contributed by atoms with Crippen molar-refractivity contribution in [3.63, 3.8) is 0 Å². The molecule has 1 aliphatic rings. The van der Waals surface area contributed by atoms with E-state index in [9.17, 15) is 10.1 Å². The summed E-state index contributed by atoms with van der Waals surface area (Å²) in [7, 11) is 0. The van der Waals surface area contributed by atoms with Crippen molar-refractivity contribution in [3.8, 4) is 0 Å². The van der Waals surface area contributed by atoms with Gasteiger partial charge in [0.1, 0.15) is 6.10 Å². The number of nitro groups is 1. The number of non-ortho nitro benzene ring substituents is 1. The van der Waals surface area contributed by atoms with Gasteiger partial charge in [0, 0.05) is 40.9 Å². The van der Waals surface area contributed by atoms with E-state index in [0.717, 1.165) is 24.0 Å². The van der Waals surface area contributed by atoms with E-state index in [4.69, 9.17) is 4.84 Å². The maximum Gasteiger partial charge on any atom is 0.269 e. The van der Waals surface area contributed by atoms with Gasteiger partial charge >= 0.3 is 0 Å². The van der Waals surface area contributed by atoms with Crippen LogP contribution in [0.3, 0.4) is 0 Å². The van der Waals surface area contributed by atoms with Crippen molar-refractivity contribution in [2.75, 3.05) is 0 Å². The zero-order chi connectivity index (χ0) is 21.2. The van der Waals surface area contributed by atoms with Crippen LogP contribution in [-0.2, 0) is 11.4 Å². The van der Waals surface area contributed by atoms with Gasteiger partial charge in [0.05, 0.1) is 4.92 Å². The molecule has 1 aromatic heterocycles. The number of aromatic nitrogens is 1. The standard InChI is InChI=1S/C23H32N3O3/c1-18(29-26-22(2,3)13-6-14-23(26,4)5)20-11-15-24(16-12-20)17-19-7-9-21(10-8-19)25(27)28/h7-12,15-16,18H,6,13-14,17H2,1-5H3/q+1. The largest absolute Gasteiger partial charge is 0.290 e. The van der Waals surface area contributed by atoms with Crippen molar-refractivity contribution >= 4 is 5.69 Å². The predicted octanol–water partition coefficient (Wildman–Crippen LogP) is 4.97. The van der Waals surface area contributed by atoms with Gasteiger partial charge in [-0.05, 0) is 71.6 Å². The minimum absolute atomic E-state index is 0.0145. The van der Waals surface area contributed by atoms with Crippen LogP contribution in [0.1, 0.15) is 71.1 Å². The van der Waals surface area contributed by atoms with Gasteiger partial charge in [-0.3, -0.25) is 15.0 Å². The average Bonchev–Trinajstić information content (AvgIpc) is 2.65. The van der Waals surface area contributed by atoms with E-state index in [1.807, 2.05) is 12.4 Å². The van der Waals surface area contributed by atoms with Gasteiger partial charge in [0.15, 0.2) is 18.9 Å². The van der Waals surface area contributed by atoms with Gasteiger partial charge in [0.2, 0.25) is 0 Å². The van der Waals surface area contributed by atoms with Gasteiger partial charge < -0.3 is 0 Å². The first-order valence-corrected chi connectivity index (χ1v) is 10.3. The Bertz CT molecular complexity index is 829. The zero-order valence-electron chi connectivity index (χ0n) is 18.1. The third-order valence-corrected chi connectivity index (χ3v) is 5.84. The number of pyridine rings is 1. The SMILES string of the molecule is CC(ON1C(C)(C)CCCC1(C)C)c1cc[n+](Cc2ccc([N+](=O)[O-])cc2)cc1. The number of nitro benzene ring substituents is 1. The molecule has 0 bridgehead atoms. The molecule has 1 unspecified atom stereocenters. The molecule has 6 heteroatoms. The van der Waals surface area contributed by atoms with E-state index in [1.165, 1.54) is 6.42 Å². The molecule has 0 radical (unpaired) electrons. The highest BCUT2D eigenvalue weighted by atomic mass is 16.7. The highest BCUT2D eigenvalue weighted by Gasteiger charge is 2.43. The maximum atomic E-state index is 10.8. The van der Waals surface area contributed by atoms with Crippen LogP contribution in [0.4, 0.5) is 5.69 Å². The zero-order valence-corrected chi connectivity index (χ0v) is 18.1. The monoisotopic (exact) mass is 398 g/mol. The quantitative estimate of drug-likeness (QED) is 0.392. The Balaban J connectivity index is 1.67. The van der Waals surface area contributed by atoms with E-state index >= 15 is 0 Å². The van der Waals surface area contributed by atoms with E-state index in [0.29, 0.717) is 6.54 Å². The number of benzene rings is 1. The normalized spacial score (nSPS) is 19.6. The molecule has 3 rings (SSSR count). The molecule has 0 aliphatic carbocycles. The van der Waals surface area contributed by atoms with Crippen molar-refractivity contribution in [1.82, 2.24) is 5.06 Å². The van der Waals surface area contributed by atoms with Crippen molar-refractivity contribution in [3.05, 3.63) is 70.0 Å². The average molecular weight is 399 g/mol. The Morgan fingerprint density at radius 1 is 1.07 bits per heavy atom. The third-order valence-electron chi connectivity index (χ3n) is 5.84. The fourth-order valence-corrected chi connectivity index (χ4v) is 4.26. The minimum atomic E-state index is -0.377. The van der Waals surface area contributed by atoms with Crippen molar-refractivity contribution < 1.29 is 14.3 Å². The number of nitrogens with zero attached hydrogens (tertiary/aromatic N) is 3. The fraction of sp³-hybridized carbons (Fsp3) is 0.522. The molecule has 2 heterocycles. The van der Waals surface area contributed by atoms with Crippen LogP contribution < -0.4 is 4.57 Å². The lowest BCUT2D eigenvalue weighted by Gasteiger charge is -2.52. The number of hydroxylamine groups is 2. The summed E-state index contributed by atoms with van der Waals surface area (Å²) in [6, 6.07) is 10.8. The van der Waals surface area contributed by atoms with Crippen molar-refractivity contribution in [1.29, 1.82) is 0 Å². The van der Waals surface area contributed by atoms with E-state index in [2.05, 4.69) is 56.4 Å². The van der Waals surface area contributed by atoms with Gasteiger partial charge in [-0.1, -0.05) is 0 Å². The smallest absolute Gasteiger partial charge is 0.269 e. The Labute approximate surface area is 173 Å². The highest BCUT2D eigenvalue weighted by Crippen LogP contribution is 2.40. The molecule has 0 N–H and O–H groups in total. The number of piperidine rings is 1. The van der Waals surface area contributed by atoms with Crippen LogP contribution >= 0.6 is 0 Å². The second-order valence-corrected chi connectivity index (χ2v) is 9.25. The molecule has 156 valence electrons. The van der Waals surface area contributed by atoms with E-state index in [1.54, 1.807) is 24.3 Å². The molecule has 0 amide bonds. The second kappa shape index (κ2) is 8.20. The Kier molecular flexibility index (Phi) is 6.05. The first-order chi connectivity index (χ1) is 13.6. The lowest BCUT2D eigenvalue weighted by molar-refractivity contribution is -0.688. The first kappa shape index (κ1) is 21.4. The molecule has 1 aromatic carbocycles. The Morgan fingerprint density at radius 3 is 2.14 bits per heavy atom. The number of rotatable bonds is 6. The second-order valence-electron chi connectivity index (χ2n) is 9.25. The molecular weight excluding hydrogens is 366 g/mol. The minimum Gasteiger partial charge on any atom is -0.290 e. The van der Waals surface area contributed by atoms with Crippen LogP contribution in [-0.4, -0.2) is 21.1 Å². The van der Waals surface area contributed by atoms with Crippen LogP contribution in [0.15, 0.2) is 48.8 Å². The summed E-state index contributed by atoms with van der Waals surface area (Å²) >= 11 is 0. The highest BCUT2D eigenvalue weighted by molar-refractivity contribution is 5.32. The van der Waals surface area contributed by atoms with Gasteiger partial charge in [-0.2, -0.15) is 5.06 Å². The van der Waals surface area contributed by atoms with Gasteiger partial charge in [-0.25, -0.2) is 4.57 Å². The predicted molar refractivity (Wildman–Crippen MR) is 112 cm³/mol. The Hall–Kier alpha value is -2.31. The lowest BCUT2D eigenvalue weighted by Crippen LogP contribution is -2.58. The molecular formula is C23H32N3O3+.